The number of aliphatic carboxylic acids is 1. The molecule has 2 aliphatic heterocycles. The van der Waals surface area contributed by atoms with E-state index in [1.165, 1.54) is 21.7 Å². The minimum atomic E-state index is -4.06. The Kier molecular flexibility index (Phi) is 10.8. The lowest BCUT2D eigenvalue weighted by Crippen LogP contribution is -2.71. The lowest BCUT2D eigenvalue weighted by atomic mass is 10.0. The fourth-order valence-corrected chi connectivity index (χ4v) is 10.0. The number of halogens is 1. The van der Waals surface area contributed by atoms with Crippen LogP contribution in [0.1, 0.15) is 22.8 Å². The van der Waals surface area contributed by atoms with E-state index in [1.807, 2.05) is 0 Å². The highest BCUT2D eigenvalue weighted by atomic mass is 32.2. The highest BCUT2D eigenvalue weighted by molar-refractivity contribution is 8.01. The first-order valence-corrected chi connectivity index (χ1v) is 21.0. The molecule has 0 spiro atoms. The number of carbonyl (C=O) groups is 3. The van der Waals surface area contributed by atoms with Crippen molar-refractivity contribution in [2.24, 2.45) is 5.16 Å². The van der Waals surface area contributed by atoms with E-state index < -0.39 is 85.9 Å². The Morgan fingerprint density at radius 1 is 1.10 bits per heavy atom. The molecule has 20 nitrogen and oxygen atoms in total. The quantitative estimate of drug-likeness (QED) is 0.0222. The number of nitrogens with one attached hydrogen (secondary N) is 1. The molecule has 2 atom stereocenters. The molecule has 25 heteroatoms. The van der Waals surface area contributed by atoms with E-state index in [-0.39, 0.29) is 50.1 Å². The summed E-state index contributed by atoms with van der Waals surface area (Å²) in [5.74, 6) is -7.50. The number of amides is 2. The molecule has 302 valence electrons. The number of nitrogen functional groups attached to an aromatic ring is 1. The second kappa shape index (κ2) is 15.6. The number of oxime groups is 1. The third-order valence-corrected chi connectivity index (χ3v) is 13.2. The second-order valence-corrected chi connectivity index (χ2v) is 17.5. The summed E-state index contributed by atoms with van der Waals surface area (Å²) in [7, 11) is -4.06. The number of benzene rings is 2. The minimum absolute atomic E-state index is 0.0291. The van der Waals surface area contributed by atoms with Crippen LogP contribution in [0.5, 0.6) is 23.0 Å². The van der Waals surface area contributed by atoms with E-state index in [0.29, 0.717) is 16.3 Å². The summed E-state index contributed by atoms with van der Waals surface area (Å²) in [4.78, 5) is 58.2. The first kappa shape index (κ1) is 40.0. The molecule has 0 radical (unpaired) electrons. The molecule has 0 saturated carbocycles. The molecule has 8 N–H and O–H groups in total. The zero-order chi connectivity index (χ0) is 41.6. The summed E-state index contributed by atoms with van der Waals surface area (Å²) in [5.41, 5.74) is 5.69. The number of carboxylic acid groups (broad SMARTS) is 1. The molecule has 5 heterocycles. The molecule has 2 amide bonds. The number of sulfone groups is 1. The predicted molar refractivity (Wildman–Crippen MR) is 204 cm³/mol. The molecule has 5 aromatic rings. The van der Waals surface area contributed by atoms with Crippen LogP contribution in [0.4, 0.5) is 9.52 Å². The third-order valence-electron chi connectivity index (χ3n) is 8.54. The van der Waals surface area contributed by atoms with Gasteiger partial charge in [-0.05, 0) is 42.8 Å². The minimum Gasteiger partial charge on any atom is -0.504 e. The number of carbonyl (C=O) groups excluding carboxylic acids is 2. The average Bonchev–Trinajstić information content (AvgIpc) is 3.79. The van der Waals surface area contributed by atoms with Crippen molar-refractivity contribution in [1.82, 2.24) is 34.8 Å². The summed E-state index contributed by atoms with van der Waals surface area (Å²) < 4.78 is 41.8. The first-order valence-electron chi connectivity index (χ1n) is 16.4. The van der Waals surface area contributed by atoms with Gasteiger partial charge in [0.15, 0.2) is 55.3 Å². The van der Waals surface area contributed by atoms with Gasteiger partial charge in [0.1, 0.15) is 40.2 Å². The number of fused-ring (bicyclic) bond motifs is 2. The van der Waals surface area contributed by atoms with Crippen molar-refractivity contribution in [3.05, 3.63) is 81.6 Å². The van der Waals surface area contributed by atoms with E-state index in [2.05, 4.69) is 30.5 Å². The zero-order valence-electron chi connectivity index (χ0n) is 29.4. The molecule has 0 bridgehead atoms. The lowest BCUT2D eigenvalue weighted by Gasteiger charge is -2.49. The van der Waals surface area contributed by atoms with Crippen LogP contribution in [-0.2, 0) is 41.4 Å². The Balaban J connectivity index is 1.06. The largest absolute Gasteiger partial charge is 0.504 e. The second-order valence-electron chi connectivity index (χ2n) is 12.5. The van der Waals surface area contributed by atoms with Crippen LogP contribution < -0.4 is 11.1 Å². The number of phenolic OH excluding ortho intramolecular Hbond substituents is 4. The van der Waals surface area contributed by atoms with Crippen molar-refractivity contribution in [2.45, 2.75) is 40.6 Å². The maximum Gasteiger partial charge on any atom is 0.352 e. The smallest absolute Gasteiger partial charge is 0.352 e. The van der Waals surface area contributed by atoms with Gasteiger partial charge in [0.25, 0.3) is 17.6 Å². The lowest BCUT2D eigenvalue weighted by molar-refractivity contribution is -0.150. The molecular formula is C33H28FN9O11S4. The summed E-state index contributed by atoms with van der Waals surface area (Å²) in [6.45, 7) is 1.10. The zero-order valence-corrected chi connectivity index (χ0v) is 32.7. The Hall–Kier alpha value is -6.18. The molecule has 1 fully saturated rings. The van der Waals surface area contributed by atoms with E-state index >= 15 is 0 Å². The first-order chi connectivity index (χ1) is 27.5. The number of aromatic nitrogens is 5. The number of hydrogen-bond acceptors (Lipinski definition) is 19. The molecular weight excluding hydrogens is 846 g/mol. The van der Waals surface area contributed by atoms with Crippen molar-refractivity contribution in [3.63, 3.8) is 0 Å². The van der Waals surface area contributed by atoms with Crippen LogP contribution >= 0.6 is 34.9 Å². The van der Waals surface area contributed by atoms with Crippen LogP contribution in [0.3, 0.4) is 0 Å². The number of carboxylic acids is 1. The normalized spacial score (nSPS) is 17.0. The number of rotatable bonds is 13. The number of nitrogens with zero attached hydrogens (tertiary/aromatic N) is 7. The van der Waals surface area contributed by atoms with Crippen LogP contribution in [0.2, 0.25) is 0 Å². The van der Waals surface area contributed by atoms with Crippen molar-refractivity contribution < 1.29 is 57.6 Å². The number of phenols is 4. The van der Waals surface area contributed by atoms with Crippen LogP contribution in [0.15, 0.2) is 68.1 Å². The van der Waals surface area contributed by atoms with Gasteiger partial charge in [-0.15, -0.1) is 40.0 Å². The molecule has 2 aliphatic rings. The number of aryl methyl sites for hydroxylation is 1. The Bertz CT molecular complexity index is 2710. The van der Waals surface area contributed by atoms with Gasteiger partial charge in [-0.25, -0.2) is 27.6 Å². The fraction of sp³-hybridized carbons (Fsp3) is 0.212. The number of β-lactam (4-membered cyclic amide) rings is 1. The van der Waals surface area contributed by atoms with Gasteiger partial charge in [0.2, 0.25) is 0 Å². The summed E-state index contributed by atoms with van der Waals surface area (Å²) in [5, 5.41) is 60.5. The number of hydrogen-bond donors (Lipinski definition) is 7. The average molecular weight is 874 g/mol. The van der Waals surface area contributed by atoms with Gasteiger partial charge >= 0.3 is 5.97 Å². The van der Waals surface area contributed by atoms with Gasteiger partial charge < -0.3 is 41.4 Å². The summed E-state index contributed by atoms with van der Waals surface area (Å²) in [6.07, 6.45) is 0. The number of nitrogens with two attached hydrogens (primary N) is 1. The SMILES string of the molecule is Cc1cc(SCC2=C(C(=O)O)N3C(=O)[C@@H](NC(=O)/C(=N\OCc4ccc(O)c(O)c4F)c4csc(N)n4)[C@H]3SC2)n2nc(CS(=O)(=O)c3ccc(O)c(O)c3)nc2n1. The monoisotopic (exact) mass is 873 g/mol. The van der Waals surface area contributed by atoms with Crippen LogP contribution in [0, 0.1) is 12.7 Å². The molecule has 0 unspecified atom stereocenters. The van der Waals surface area contributed by atoms with Gasteiger partial charge in [0, 0.05) is 34.2 Å². The summed E-state index contributed by atoms with van der Waals surface area (Å²) in [6, 6.07) is 5.71. The molecule has 3 aromatic heterocycles. The van der Waals surface area contributed by atoms with Gasteiger partial charge in [-0.1, -0.05) is 5.16 Å². The molecule has 2 aromatic carbocycles. The van der Waals surface area contributed by atoms with Gasteiger partial charge in [-0.3, -0.25) is 14.5 Å². The fourth-order valence-electron chi connectivity index (χ4n) is 5.75. The van der Waals surface area contributed by atoms with Gasteiger partial charge in [-0.2, -0.15) is 9.50 Å². The maximum atomic E-state index is 14.4. The number of thioether (sulfide) groups is 2. The van der Waals surface area contributed by atoms with Crippen molar-refractivity contribution >= 4 is 79.1 Å². The topological polar surface area (TPSA) is 305 Å². The van der Waals surface area contributed by atoms with E-state index in [9.17, 15) is 52.7 Å². The number of anilines is 1. The van der Waals surface area contributed by atoms with Crippen LogP contribution in [-0.4, -0.2) is 110 Å². The molecule has 0 aliphatic carbocycles. The van der Waals surface area contributed by atoms with Crippen molar-refractivity contribution in [3.8, 4) is 23.0 Å². The van der Waals surface area contributed by atoms with Crippen LogP contribution in [0.25, 0.3) is 5.78 Å². The van der Waals surface area contributed by atoms with Crippen molar-refractivity contribution in [1.29, 1.82) is 0 Å². The number of thiazole rings is 1. The van der Waals surface area contributed by atoms with E-state index in [4.69, 9.17) is 10.6 Å². The van der Waals surface area contributed by atoms with E-state index in [1.54, 1.807) is 13.0 Å². The van der Waals surface area contributed by atoms with Crippen molar-refractivity contribution in [2.75, 3.05) is 17.2 Å². The Labute approximate surface area is 337 Å². The predicted octanol–water partition coefficient (Wildman–Crippen LogP) is 1.86. The standard InChI is InChI=1S/C33H28FN9O11S4/c1-13-6-22(43-33(36-13)38-21(40-43)12-58(52,53)16-3-5-18(44)20(46)7-16)55-9-15-10-56-30-25(29(49)42(30)26(15)31(50)51)39-28(48)24(17-11-57-32(35)37-17)41-54-8-14-2-4-19(45)27(47)23(14)34/h2-7,11,25,30,44-47H,8-10,12H2,1H3,(H2,35,37)(H,39,48)(H,50,51)/b41-24-/t25-,30-/m1/s1. The van der Waals surface area contributed by atoms with E-state index in [0.717, 1.165) is 58.3 Å². The number of aromatic hydroxyl groups is 4. The highest BCUT2D eigenvalue weighted by Gasteiger charge is 2.54. The molecule has 58 heavy (non-hydrogen) atoms. The highest BCUT2D eigenvalue weighted by Crippen LogP contribution is 2.42. The van der Waals surface area contributed by atoms with Gasteiger partial charge in [0.05, 0.1) is 4.90 Å². The Morgan fingerprint density at radius 2 is 1.86 bits per heavy atom. The Morgan fingerprint density at radius 3 is 2.57 bits per heavy atom. The third kappa shape index (κ3) is 7.74. The molecule has 1 saturated heterocycles. The maximum absolute atomic E-state index is 14.4. The summed E-state index contributed by atoms with van der Waals surface area (Å²) >= 11 is 3.32. The molecule has 7 rings (SSSR count).